The number of benzene rings is 2. The van der Waals surface area contributed by atoms with E-state index in [1.807, 2.05) is 0 Å². The molecule has 7 heteroatoms. The molecule has 2 rings (SSSR count). The summed E-state index contributed by atoms with van der Waals surface area (Å²) in [4.78, 5) is 23.4. The van der Waals surface area contributed by atoms with Gasteiger partial charge in [0, 0.05) is 20.7 Å². The Morgan fingerprint density at radius 2 is 1.70 bits per heavy atom. The predicted octanol–water partition coefficient (Wildman–Crippen LogP) is 4.08. The molecule has 120 valence electrons. The zero-order valence-electron chi connectivity index (χ0n) is 12.0. The summed E-state index contributed by atoms with van der Waals surface area (Å²) in [5, 5.41) is 5.81. The molecule has 0 saturated carbocycles. The van der Waals surface area contributed by atoms with E-state index >= 15 is 0 Å². The van der Waals surface area contributed by atoms with Gasteiger partial charge in [-0.25, -0.2) is 4.79 Å². The topological polar surface area (TPSA) is 67.4 Å². The highest BCUT2D eigenvalue weighted by Crippen LogP contribution is 2.13. The van der Waals surface area contributed by atoms with Gasteiger partial charge in [0.15, 0.2) is 0 Å². The molecule has 2 aromatic carbocycles. The lowest BCUT2D eigenvalue weighted by molar-refractivity contribution is 0.0938. The Bertz CT molecular complexity index is 675. The van der Waals surface area contributed by atoms with Crippen LogP contribution in [-0.2, 0) is 4.74 Å². The van der Waals surface area contributed by atoms with Crippen molar-refractivity contribution in [2.45, 2.75) is 0 Å². The SMILES string of the molecule is O=C(Nc1ccc(Cl)cc1)OCCNC(=O)c1ccc(Br)cc1. The van der Waals surface area contributed by atoms with Gasteiger partial charge < -0.3 is 10.1 Å². The van der Waals surface area contributed by atoms with Crippen molar-refractivity contribution in [3.8, 4) is 0 Å². The van der Waals surface area contributed by atoms with E-state index in [1.165, 1.54) is 0 Å². The third-order valence-corrected chi connectivity index (χ3v) is 3.60. The molecule has 0 heterocycles. The quantitative estimate of drug-likeness (QED) is 0.747. The molecule has 0 unspecified atom stereocenters. The molecule has 0 spiro atoms. The second-order valence-corrected chi connectivity index (χ2v) is 5.88. The van der Waals surface area contributed by atoms with Crippen LogP contribution in [0.3, 0.4) is 0 Å². The molecule has 0 fully saturated rings. The van der Waals surface area contributed by atoms with Crippen LogP contribution in [0.25, 0.3) is 0 Å². The van der Waals surface area contributed by atoms with E-state index in [4.69, 9.17) is 16.3 Å². The molecule has 2 aromatic rings. The van der Waals surface area contributed by atoms with Gasteiger partial charge in [-0.1, -0.05) is 27.5 Å². The summed E-state index contributed by atoms with van der Waals surface area (Å²) in [5.74, 6) is -0.223. The number of carbonyl (C=O) groups is 2. The molecule has 0 aromatic heterocycles. The summed E-state index contributed by atoms with van der Waals surface area (Å²) in [6, 6.07) is 13.6. The number of rotatable bonds is 5. The standard InChI is InChI=1S/C16H14BrClN2O3/c17-12-3-1-11(2-4-12)15(21)19-9-10-23-16(22)20-14-7-5-13(18)6-8-14/h1-8H,9-10H2,(H,19,21)(H,20,22). The zero-order valence-corrected chi connectivity index (χ0v) is 14.4. The molecule has 0 aliphatic rings. The highest BCUT2D eigenvalue weighted by molar-refractivity contribution is 9.10. The zero-order chi connectivity index (χ0) is 16.7. The maximum absolute atomic E-state index is 11.8. The Kier molecular flexibility index (Phi) is 6.43. The third kappa shape index (κ3) is 5.92. The Balaban J connectivity index is 1.68. The summed E-state index contributed by atoms with van der Waals surface area (Å²) in [5.41, 5.74) is 1.12. The van der Waals surface area contributed by atoms with Gasteiger partial charge in [0.2, 0.25) is 0 Å². The molecule has 0 saturated heterocycles. The van der Waals surface area contributed by atoms with E-state index in [-0.39, 0.29) is 19.1 Å². The van der Waals surface area contributed by atoms with Crippen molar-refractivity contribution < 1.29 is 14.3 Å². The average Bonchev–Trinajstić information content (AvgIpc) is 2.54. The molecule has 0 atom stereocenters. The maximum Gasteiger partial charge on any atom is 0.411 e. The van der Waals surface area contributed by atoms with Gasteiger partial charge in [-0.2, -0.15) is 0 Å². The summed E-state index contributed by atoms with van der Waals surface area (Å²) >= 11 is 9.05. The summed E-state index contributed by atoms with van der Waals surface area (Å²) in [6.07, 6.45) is -0.592. The molecule has 0 aliphatic carbocycles. The maximum atomic E-state index is 11.8. The first-order valence-corrected chi connectivity index (χ1v) is 7.95. The Morgan fingerprint density at radius 1 is 1.04 bits per heavy atom. The van der Waals surface area contributed by atoms with E-state index < -0.39 is 6.09 Å². The summed E-state index contributed by atoms with van der Waals surface area (Å²) < 4.78 is 5.88. The molecule has 2 N–H and O–H groups in total. The van der Waals surface area contributed by atoms with Gasteiger partial charge in [-0.15, -0.1) is 0 Å². The minimum absolute atomic E-state index is 0.0711. The van der Waals surface area contributed by atoms with E-state index in [0.29, 0.717) is 16.3 Å². The van der Waals surface area contributed by atoms with Crippen molar-refractivity contribution in [2.24, 2.45) is 0 Å². The number of hydrogen-bond donors (Lipinski definition) is 2. The molecule has 0 aliphatic heterocycles. The van der Waals surface area contributed by atoms with Gasteiger partial charge in [-0.3, -0.25) is 10.1 Å². The summed E-state index contributed by atoms with van der Waals surface area (Å²) in [7, 11) is 0. The number of nitrogens with one attached hydrogen (secondary N) is 2. The minimum Gasteiger partial charge on any atom is -0.447 e. The van der Waals surface area contributed by atoms with Crippen molar-refractivity contribution in [3.63, 3.8) is 0 Å². The largest absolute Gasteiger partial charge is 0.447 e. The van der Waals surface area contributed by atoms with Gasteiger partial charge >= 0.3 is 6.09 Å². The fourth-order valence-corrected chi connectivity index (χ4v) is 2.09. The molecule has 5 nitrogen and oxygen atoms in total. The van der Waals surface area contributed by atoms with Gasteiger partial charge in [-0.05, 0) is 48.5 Å². The Labute approximate surface area is 147 Å². The van der Waals surface area contributed by atoms with E-state index in [2.05, 4.69) is 26.6 Å². The third-order valence-electron chi connectivity index (χ3n) is 2.82. The van der Waals surface area contributed by atoms with Crippen molar-refractivity contribution in [2.75, 3.05) is 18.5 Å². The van der Waals surface area contributed by atoms with Crippen LogP contribution in [-0.4, -0.2) is 25.2 Å². The van der Waals surface area contributed by atoms with Crippen molar-refractivity contribution >= 4 is 45.2 Å². The molecule has 23 heavy (non-hydrogen) atoms. The average molecular weight is 398 g/mol. The minimum atomic E-state index is -0.592. The van der Waals surface area contributed by atoms with Gasteiger partial charge in [0.1, 0.15) is 6.61 Å². The predicted molar refractivity (Wildman–Crippen MR) is 92.9 cm³/mol. The highest BCUT2D eigenvalue weighted by Gasteiger charge is 2.06. The lowest BCUT2D eigenvalue weighted by Gasteiger charge is -2.08. The summed E-state index contributed by atoms with van der Waals surface area (Å²) in [6.45, 7) is 0.296. The van der Waals surface area contributed by atoms with Crippen molar-refractivity contribution in [3.05, 3.63) is 63.6 Å². The van der Waals surface area contributed by atoms with Crippen LogP contribution in [0.2, 0.25) is 5.02 Å². The molecular formula is C16H14BrClN2O3. The van der Waals surface area contributed by atoms with E-state index in [9.17, 15) is 9.59 Å². The van der Waals surface area contributed by atoms with Crippen LogP contribution in [0.5, 0.6) is 0 Å². The number of carbonyl (C=O) groups excluding carboxylic acids is 2. The second-order valence-electron chi connectivity index (χ2n) is 4.53. The van der Waals surface area contributed by atoms with E-state index in [0.717, 1.165) is 4.47 Å². The normalized spacial score (nSPS) is 10.0. The highest BCUT2D eigenvalue weighted by atomic mass is 79.9. The first-order valence-electron chi connectivity index (χ1n) is 6.78. The Hall–Kier alpha value is -2.05. The lowest BCUT2D eigenvalue weighted by Crippen LogP contribution is -2.28. The van der Waals surface area contributed by atoms with Crippen LogP contribution >= 0.6 is 27.5 Å². The van der Waals surface area contributed by atoms with Crippen LogP contribution < -0.4 is 10.6 Å². The number of amides is 2. The number of anilines is 1. The van der Waals surface area contributed by atoms with Crippen LogP contribution in [0.15, 0.2) is 53.0 Å². The fourth-order valence-electron chi connectivity index (χ4n) is 1.70. The smallest absolute Gasteiger partial charge is 0.411 e. The van der Waals surface area contributed by atoms with Crippen LogP contribution in [0, 0.1) is 0 Å². The van der Waals surface area contributed by atoms with Gasteiger partial charge in [0.25, 0.3) is 5.91 Å². The Morgan fingerprint density at radius 3 is 2.35 bits per heavy atom. The molecule has 0 bridgehead atoms. The molecule has 0 radical (unpaired) electrons. The molecule has 2 amide bonds. The van der Waals surface area contributed by atoms with Crippen LogP contribution in [0.1, 0.15) is 10.4 Å². The lowest BCUT2D eigenvalue weighted by atomic mass is 10.2. The monoisotopic (exact) mass is 396 g/mol. The van der Waals surface area contributed by atoms with Crippen molar-refractivity contribution in [1.82, 2.24) is 5.32 Å². The van der Waals surface area contributed by atoms with Crippen LogP contribution in [0.4, 0.5) is 10.5 Å². The second kappa shape index (κ2) is 8.55. The molecular weight excluding hydrogens is 384 g/mol. The van der Waals surface area contributed by atoms with E-state index in [1.54, 1.807) is 48.5 Å². The number of halogens is 2. The number of hydrogen-bond acceptors (Lipinski definition) is 3. The van der Waals surface area contributed by atoms with Gasteiger partial charge in [0.05, 0.1) is 6.54 Å². The first kappa shape index (κ1) is 17.3. The first-order chi connectivity index (χ1) is 11.0. The van der Waals surface area contributed by atoms with Crippen molar-refractivity contribution in [1.29, 1.82) is 0 Å². The number of ether oxygens (including phenoxy) is 1. The fraction of sp³-hybridized carbons (Fsp3) is 0.125.